The molecule has 0 radical (unpaired) electrons. The van der Waals surface area contributed by atoms with E-state index in [1.54, 1.807) is 6.26 Å². The number of aliphatic hydroxyl groups is 1. The van der Waals surface area contributed by atoms with Crippen LogP contribution in [0.2, 0.25) is 0 Å². The Hall–Kier alpha value is -1.65. The molecule has 20 heavy (non-hydrogen) atoms. The monoisotopic (exact) mass is 272 g/mol. The number of hydrogen-bond acceptors (Lipinski definition) is 4. The van der Waals surface area contributed by atoms with Crippen molar-refractivity contribution in [3.8, 4) is 11.5 Å². The number of oxazole rings is 1. The third-order valence-electron chi connectivity index (χ3n) is 3.87. The lowest BCUT2D eigenvalue weighted by molar-refractivity contribution is 0.249. The standard InChI is InChI=1S/C16H20N2O2/c19-9-7-13-6-8-18(10-13)11-15-12-20-16(17-15)14-4-2-1-3-5-14/h1-5,12-13,19H,6-11H2. The van der Waals surface area contributed by atoms with E-state index >= 15 is 0 Å². The Bertz CT molecular complexity index is 538. The van der Waals surface area contributed by atoms with Gasteiger partial charge in [0, 0.05) is 25.3 Å². The van der Waals surface area contributed by atoms with Gasteiger partial charge in [-0.2, -0.15) is 0 Å². The highest BCUT2D eigenvalue weighted by Crippen LogP contribution is 2.23. The van der Waals surface area contributed by atoms with Crippen molar-refractivity contribution >= 4 is 0 Å². The van der Waals surface area contributed by atoms with Gasteiger partial charge in [0.25, 0.3) is 0 Å². The minimum atomic E-state index is 0.292. The molecule has 1 fully saturated rings. The Balaban J connectivity index is 1.61. The maximum Gasteiger partial charge on any atom is 0.226 e. The van der Waals surface area contributed by atoms with Gasteiger partial charge in [-0.3, -0.25) is 4.90 Å². The van der Waals surface area contributed by atoms with E-state index in [2.05, 4.69) is 9.88 Å². The van der Waals surface area contributed by atoms with Crippen molar-refractivity contribution in [3.63, 3.8) is 0 Å². The first-order valence-corrected chi connectivity index (χ1v) is 7.18. The average molecular weight is 272 g/mol. The lowest BCUT2D eigenvalue weighted by atomic mass is 10.1. The lowest BCUT2D eigenvalue weighted by Gasteiger charge is -2.13. The summed E-state index contributed by atoms with van der Waals surface area (Å²) in [7, 11) is 0. The maximum atomic E-state index is 8.99. The Morgan fingerprint density at radius 1 is 1.30 bits per heavy atom. The Morgan fingerprint density at radius 3 is 2.95 bits per heavy atom. The molecule has 4 nitrogen and oxygen atoms in total. The van der Waals surface area contributed by atoms with Crippen molar-refractivity contribution in [3.05, 3.63) is 42.3 Å². The van der Waals surface area contributed by atoms with Crippen molar-refractivity contribution in [1.82, 2.24) is 9.88 Å². The highest BCUT2D eigenvalue weighted by molar-refractivity contribution is 5.52. The quantitative estimate of drug-likeness (QED) is 0.908. The summed E-state index contributed by atoms with van der Waals surface area (Å²) in [4.78, 5) is 6.94. The van der Waals surface area contributed by atoms with Gasteiger partial charge >= 0.3 is 0 Å². The Morgan fingerprint density at radius 2 is 2.15 bits per heavy atom. The summed E-state index contributed by atoms with van der Waals surface area (Å²) in [6.07, 6.45) is 3.83. The van der Waals surface area contributed by atoms with Gasteiger partial charge in [0.15, 0.2) is 0 Å². The molecular weight excluding hydrogens is 252 g/mol. The Labute approximate surface area is 119 Å². The van der Waals surface area contributed by atoms with E-state index in [9.17, 15) is 0 Å². The number of nitrogens with zero attached hydrogens (tertiary/aromatic N) is 2. The van der Waals surface area contributed by atoms with Crippen molar-refractivity contribution < 1.29 is 9.52 Å². The number of benzene rings is 1. The van der Waals surface area contributed by atoms with Gasteiger partial charge in [0.1, 0.15) is 6.26 Å². The van der Waals surface area contributed by atoms with E-state index in [1.165, 1.54) is 6.42 Å². The van der Waals surface area contributed by atoms with Crippen LogP contribution in [-0.2, 0) is 6.54 Å². The molecule has 1 aromatic carbocycles. The molecular formula is C16H20N2O2. The van der Waals surface area contributed by atoms with Gasteiger partial charge < -0.3 is 9.52 Å². The molecule has 3 rings (SSSR count). The van der Waals surface area contributed by atoms with Gasteiger partial charge in [-0.25, -0.2) is 4.98 Å². The van der Waals surface area contributed by atoms with Gasteiger partial charge in [0.2, 0.25) is 5.89 Å². The topological polar surface area (TPSA) is 49.5 Å². The summed E-state index contributed by atoms with van der Waals surface area (Å²) in [6.45, 7) is 3.26. The molecule has 0 bridgehead atoms. The third-order valence-corrected chi connectivity index (χ3v) is 3.87. The van der Waals surface area contributed by atoms with Crippen LogP contribution in [-0.4, -0.2) is 34.7 Å². The molecule has 2 heterocycles. The van der Waals surface area contributed by atoms with Crippen molar-refractivity contribution in [2.24, 2.45) is 5.92 Å². The van der Waals surface area contributed by atoms with Crippen molar-refractivity contribution in [2.45, 2.75) is 19.4 Å². The Kier molecular flexibility index (Phi) is 4.14. The molecule has 0 spiro atoms. The normalized spacial score (nSPS) is 19.6. The molecule has 0 saturated carbocycles. The van der Waals surface area contributed by atoms with E-state index in [-0.39, 0.29) is 0 Å². The SMILES string of the molecule is OCCC1CCN(Cc2coc(-c3ccccc3)n2)C1. The zero-order valence-corrected chi connectivity index (χ0v) is 11.5. The summed E-state index contributed by atoms with van der Waals surface area (Å²) in [5.74, 6) is 1.31. The molecule has 1 N–H and O–H groups in total. The predicted molar refractivity (Wildman–Crippen MR) is 77.0 cm³/mol. The van der Waals surface area contributed by atoms with E-state index in [4.69, 9.17) is 9.52 Å². The number of aliphatic hydroxyl groups excluding tert-OH is 1. The summed E-state index contributed by atoms with van der Waals surface area (Å²) < 4.78 is 5.56. The largest absolute Gasteiger partial charge is 0.444 e. The number of hydrogen-bond donors (Lipinski definition) is 1. The molecule has 2 aromatic rings. The van der Waals surface area contributed by atoms with Crippen LogP contribution in [0, 0.1) is 5.92 Å². The fourth-order valence-electron chi connectivity index (χ4n) is 2.80. The second-order valence-electron chi connectivity index (χ2n) is 5.41. The van der Waals surface area contributed by atoms with Crippen molar-refractivity contribution in [2.75, 3.05) is 19.7 Å². The molecule has 0 amide bonds. The third kappa shape index (κ3) is 3.08. The molecule has 4 heteroatoms. The van der Waals surface area contributed by atoms with Crippen LogP contribution in [0.15, 0.2) is 41.0 Å². The minimum Gasteiger partial charge on any atom is -0.444 e. The van der Waals surface area contributed by atoms with Crippen LogP contribution < -0.4 is 0 Å². The van der Waals surface area contributed by atoms with Crippen LogP contribution in [0.1, 0.15) is 18.5 Å². The first-order valence-electron chi connectivity index (χ1n) is 7.18. The van der Waals surface area contributed by atoms with Crippen LogP contribution in [0.25, 0.3) is 11.5 Å². The second kappa shape index (κ2) is 6.20. The fraction of sp³-hybridized carbons (Fsp3) is 0.438. The number of rotatable bonds is 5. The van der Waals surface area contributed by atoms with Gasteiger partial charge in [-0.1, -0.05) is 18.2 Å². The minimum absolute atomic E-state index is 0.292. The lowest BCUT2D eigenvalue weighted by Crippen LogP contribution is -2.20. The molecule has 1 saturated heterocycles. The molecule has 1 aliphatic heterocycles. The first-order chi connectivity index (χ1) is 9.85. The van der Waals surface area contributed by atoms with E-state index < -0.39 is 0 Å². The summed E-state index contributed by atoms with van der Waals surface area (Å²) in [6, 6.07) is 9.96. The van der Waals surface area contributed by atoms with Crippen LogP contribution in [0.4, 0.5) is 0 Å². The smallest absolute Gasteiger partial charge is 0.226 e. The van der Waals surface area contributed by atoms with Crippen LogP contribution in [0.3, 0.4) is 0 Å². The molecule has 1 aromatic heterocycles. The average Bonchev–Trinajstić information content (AvgIpc) is 3.11. The zero-order chi connectivity index (χ0) is 13.8. The maximum absolute atomic E-state index is 8.99. The van der Waals surface area contributed by atoms with Gasteiger partial charge in [0.05, 0.1) is 5.69 Å². The highest BCUT2D eigenvalue weighted by atomic mass is 16.3. The summed E-state index contributed by atoms with van der Waals surface area (Å²) in [5.41, 5.74) is 1.99. The number of likely N-dealkylation sites (tertiary alicyclic amines) is 1. The van der Waals surface area contributed by atoms with E-state index in [0.717, 1.165) is 37.3 Å². The molecule has 106 valence electrons. The molecule has 1 atom stereocenters. The van der Waals surface area contributed by atoms with Gasteiger partial charge in [-0.05, 0) is 37.4 Å². The molecule has 0 aliphatic carbocycles. The highest BCUT2D eigenvalue weighted by Gasteiger charge is 2.22. The zero-order valence-electron chi connectivity index (χ0n) is 11.5. The fourth-order valence-corrected chi connectivity index (χ4v) is 2.80. The van der Waals surface area contributed by atoms with E-state index in [1.807, 2.05) is 30.3 Å². The van der Waals surface area contributed by atoms with Crippen LogP contribution >= 0.6 is 0 Å². The summed E-state index contributed by atoms with van der Waals surface area (Å²) in [5, 5.41) is 8.99. The summed E-state index contributed by atoms with van der Waals surface area (Å²) >= 11 is 0. The van der Waals surface area contributed by atoms with Crippen LogP contribution in [0.5, 0.6) is 0 Å². The van der Waals surface area contributed by atoms with Gasteiger partial charge in [-0.15, -0.1) is 0 Å². The molecule has 1 aliphatic rings. The van der Waals surface area contributed by atoms with Crippen molar-refractivity contribution in [1.29, 1.82) is 0 Å². The number of aromatic nitrogens is 1. The molecule has 1 unspecified atom stereocenters. The van der Waals surface area contributed by atoms with E-state index in [0.29, 0.717) is 18.4 Å². The first kappa shape index (κ1) is 13.3. The predicted octanol–water partition coefficient (Wildman–Crippen LogP) is 2.55. The second-order valence-corrected chi connectivity index (χ2v) is 5.41.